The first-order valence-electron chi connectivity index (χ1n) is 2.91. The molecule has 0 bridgehead atoms. The zero-order valence-electron chi connectivity index (χ0n) is 5.51. The summed E-state index contributed by atoms with van der Waals surface area (Å²) in [5.74, 6) is -0.433. The molecule has 0 aromatic carbocycles. The monoisotopic (exact) mass is 214 g/mol. The van der Waals surface area contributed by atoms with Crippen LogP contribution >= 0.6 is 15.9 Å². The predicted octanol–water partition coefficient (Wildman–Crippen LogP) is 2.05. The van der Waals surface area contributed by atoms with E-state index < -0.39 is 5.82 Å². The molecular weight excluding hydrogens is 211 g/mol. The number of hydrogen-bond donors (Lipinski definition) is 0. The molecule has 0 aliphatic rings. The molecule has 0 N–H and O–H groups in total. The fourth-order valence-electron chi connectivity index (χ4n) is 0.649. The van der Waals surface area contributed by atoms with E-state index in [-0.39, 0.29) is 11.0 Å². The maximum atomic E-state index is 12.7. The van der Waals surface area contributed by atoms with Crippen LogP contribution in [-0.4, -0.2) is 4.98 Å². The lowest BCUT2D eigenvalue weighted by Crippen LogP contribution is -1.88. The van der Waals surface area contributed by atoms with Crippen LogP contribution in [0.25, 0.3) is 0 Å². The van der Waals surface area contributed by atoms with E-state index in [0.29, 0.717) is 5.56 Å². The van der Waals surface area contributed by atoms with Crippen molar-refractivity contribution in [3.8, 4) is 6.07 Å². The van der Waals surface area contributed by atoms with Gasteiger partial charge in [0.05, 0.1) is 12.5 Å². The molecule has 56 valence electrons. The largest absolute Gasteiger partial charge is 0.246 e. The van der Waals surface area contributed by atoms with Crippen LogP contribution in [0.3, 0.4) is 0 Å². The molecular formula is C7H4BrFN2. The molecule has 0 saturated heterocycles. The third kappa shape index (κ3) is 1.99. The molecule has 4 heteroatoms. The van der Waals surface area contributed by atoms with E-state index in [0.717, 1.165) is 0 Å². The molecule has 0 radical (unpaired) electrons. The van der Waals surface area contributed by atoms with Gasteiger partial charge in [-0.25, -0.2) is 9.37 Å². The molecule has 0 aliphatic carbocycles. The second-order valence-corrected chi connectivity index (χ2v) is 2.70. The molecule has 0 saturated carbocycles. The van der Waals surface area contributed by atoms with Crippen molar-refractivity contribution >= 4 is 15.9 Å². The van der Waals surface area contributed by atoms with Gasteiger partial charge in [-0.1, -0.05) is 0 Å². The fraction of sp³-hybridized carbons (Fsp3) is 0.143. The van der Waals surface area contributed by atoms with E-state index in [4.69, 9.17) is 5.26 Å². The summed E-state index contributed by atoms with van der Waals surface area (Å²) in [7, 11) is 0. The number of aromatic nitrogens is 1. The summed E-state index contributed by atoms with van der Waals surface area (Å²) in [4.78, 5) is 3.69. The summed E-state index contributed by atoms with van der Waals surface area (Å²) < 4.78 is 12.9. The molecule has 2 nitrogen and oxygen atoms in total. The molecule has 1 aromatic rings. The maximum Gasteiger partial charge on any atom is 0.156 e. The lowest BCUT2D eigenvalue weighted by atomic mass is 10.2. The van der Waals surface area contributed by atoms with E-state index in [1.165, 1.54) is 12.3 Å². The number of pyridine rings is 1. The van der Waals surface area contributed by atoms with Crippen LogP contribution in [0, 0.1) is 17.1 Å². The quantitative estimate of drug-likeness (QED) is 0.672. The highest BCUT2D eigenvalue weighted by Crippen LogP contribution is 2.12. The first kappa shape index (κ1) is 8.15. The van der Waals surface area contributed by atoms with Crippen LogP contribution in [0.15, 0.2) is 16.9 Å². The molecule has 11 heavy (non-hydrogen) atoms. The Hall–Kier alpha value is -0.950. The van der Waals surface area contributed by atoms with Crippen molar-refractivity contribution in [1.29, 1.82) is 5.26 Å². The van der Waals surface area contributed by atoms with Gasteiger partial charge in [-0.3, -0.25) is 0 Å². The first-order chi connectivity index (χ1) is 5.24. The van der Waals surface area contributed by atoms with Gasteiger partial charge in [0, 0.05) is 6.20 Å². The molecule has 0 spiro atoms. The van der Waals surface area contributed by atoms with Gasteiger partial charge >= 0.3 is 0 Å². The summed E-state index contributed by atoms with van der Waals surface area (Å²) >= 11 is 2.91. The van der Waals surface area contributed by atoms with Gasteiger partial charge in [-0.05, 0) is 27.6 Å². The van der Waals surface area contributed by atoms with Crippen molar-refractivity contribution in [3.63, 3.8) is 0 Å². The van der Waals surface area contributed by atoms with Crippen molar-refractivity contribution in [2.75, 3.05) is 0 Å². The molecule has 0 unspecified atom stereocenters. The number of nitriles is 1. The molecule has 1 aromatic heterocycles. The van der Waals surface area contributed by atoms with Crippen LogP contribution in [0.4, 0.5) is 4.39 Å². The number of halogens is 2. The Balaban J connectivity index is 2.98. The molecule has 0 aliphatic heterocycles. The van der Waals surface area contributed by atoms with Gasteiger partial charge in [0.15, 0.2) is 5.82 Å². The second-order valence-electron chi connectivity index (χ2n) is 1.95. The minimum atomic E-state index is -0.433. The Labute approximate surface area is 71.8 Å². The van der Waals surface area contributed by atoms with Gasteiger partial charge in [0.2, 0.25) is 0 Å². The summed E-state index contributed by atoms with van der Waals surface area (Å²) in [6.07, 6.45) is 1.66. The van der Waals surface area contributed by atoms with Crippen LogP contribution in [0.1, 0.15) is 5.56 Å². The molecule has 0 atom stereocenters. The van der Waals surface area contributed by atoms with E-state index in [9.17, 15) is 4.39 Å². The van der Waals surface area contributed by atoms with Crippen molar-refractivity contribution in [2.45, 2.75) is 6.42 Å². The Bertz CT molecular complexity index is 306. The number of rotatable bonds is 1. The van der Waals surface area contributed by atoms with Crippen LogP contribution in [0.5, 0.6) is 0 Å². The van der Waals surface area contributed by atoms with Crippen molar-refractivity contribution in [2.24, 2.45) is 0 Å². The summed E-state index contributed by atoms with van der Waals surface area (Å²) in [5, 5.41) is 8.27. The van der Waals surface area contributed by atoms with Crippen LogP contribution in [-0.2, 0) is 6.42 Å². The van der Waals surface area contributed by atoms with Crippen molar-refractivity contribution in [1.82, 2.24) is 4.98 Å². The molecule has 0 fully saturated rings. The van der Waals surface area contributed by atoms with Gasteiger partial charge in [-0.2, -0.15) is 5.26 Å². The maximum absolute atomic E-state index is 12.7. The normalized spacial score (nSPS) is 9.18. The highest BCUT2D eigenvalue weighted by atomic mass is 79.9. The van der Waals surface area contributed by atoms with Crippen LogP contribution in [0.2, 0.25) is 0 Å². The Kier molecular flexibility index (Phi) is 2.55. The fourth-order valence-corrected chi connectivity index (χ4v) is 0.866. The molecule has 1 heterocycles. The Morgan fingerprint density at radius 2 is 2.45 bits per heavy atom. The van der Waals surface area contributed by atoms with E-state index in [1.54, 1.807) is 0 Å². The minimum absolute atomic E-state index is 0.180. The van der Waals surface area contributed by atoms with Gasteiger partial charge in [0.25, 0.3) is 0 Å². The summed E-state index contributed by atoms with van der Waals surface area (Å²) in [6.45, 7) is 0. The SMILES string of the molecule is N#CCc1cnc(Br)c(F)c1. The number of hydrogen-bond acceptors (Lipinski definition) is 2. The molecule has 0 amide bonds. The van der Waals surface area contributed by atoms with Gasteiger partial charge < -0.3 is 0 Å². The van der Waals surface area contributed by atoms with E-state index >= 15 is 0 Å². The second kappa shape index (κ2) is 3.44. The minimum Gasteiger partial charge on any atom is -0.246 e. The average Bonchev–Trinajstić information content (AvgIpc) is 1.98. The van der Waals surface area contributed by atoms with E-state index in [1.807, 2.05) is 6.07 Å². The standard InChI is InChI=1S/C7H4BrFN2/c8-7-6(9)3-5(1-2-10)4-11-7/h3-4H,1H2. The van der Waals surface area contributed by atoms with Gasteiger partial charge in [-0.15, -0.1) is 0 Å². The topological polar surface area (TPSA) is 36.7 Å². The smallest absolute Gasteiger partial charge is 0.156 e. The predicted molar refractivity (Wildman–Crippen MR) is 41.2 cm³/mol. The summed E-state index contributed by atoms with van der Waals surface area (Å²) in [5.41, 5.74) is 0.591. The average molecular weight is 215 g/mol. The Morgan fingerprint density at radius 1 is 1.73 bits per heavy atom. The van der Waals surface area contributed by atoms with E-state index in [2.05, 4.69) is 20.9 Å². The summed E-state index contributed by atoms with van der Waals surface area (Å²) in [6, 6.07) is 3.20. The highest BCUT2D eigenvalue weighted by molar-refractivity contribution is 9.10. The zero-order valence-corrected chi connectivity index (χ0v) is 7.10. The highest BCUT2D eigenvalue weighted by Gasteiger charge is 2.00. The molecule has 1 rings (SSSR count). The van der Waals surface area contributed by atoms with Crippen LogP contribution < -0.4 is 0 Å². The number of nitrogens with zero attached hydrogens (tertiary/aromatic N) is 2. The third-order valence-electron chi connectivity index (χ3n) is 1.14. The first-order valence-corrected chi connectivity index (χ1v) is 3.70. The Morgan fingerprint density at radius 3 is 3.00 bits per heavy atom. The zero-order chi connectivity index (χ0) is 8.27. The lowest BCUT2D eigenvalue weighted by Gasteiger charge is -1.94. The van der Waals surface area contributed by atoms with Gasteiger partial charge in [0.1, 0.15) is 4.60 Å². The van der Waals surface area contributed by atoms with Crippen molar-refractivity contribution in [3.05, 3.63) is 28.2 Å². The lowest BCUT2D eigenvalue weighted by molar-refractivity contribution is 0.611. The van der Waals surface area contributed by atoms with Crippen molar-refractivity contribution < 1.29 is 4.39 Å². The third-order valence-corrected chi connectivity index (χ3v) is 1.72.